The third-order valence-electron chi connectivity index (χ3n) is 4.59. The summed E-state index contributed by atoms with van der Waals surface area (Å²) < 4.78 is 0. The lowest BCUT2D eigenvalue weighted by Crippen LogP contribution is -2.28. The molecule has 1 aliphatic carbocycles. The number of fused-ring (bicyclic) bond motifs is 1. The number of nitrogens with zero attached hydrogens (tertiary/aromatic N) is 5. The summed E-state index contributed by atoms with van der Waals surface area (Å²) in [6, 6.07) is 2.44. The Kier molecular flexibility index (Phi) is 3.95. The Morgan fingerprint density at radius 2 is 2.25 bits per heavy atom. The van der Waals surface area contributed by atoms with Crippen LogP contribution in [-0.2, 0) is 0 Å². The normalized spacial score (nSPS) is 21.4. The fourth-order valence-electron chi connectivity index (χ4n) is 3.07. The van der Waals surface area contributed by atoms with Crippen LogP contribution in [-0.4, -0.2) is 45.3 Å². The summed E-state index contributed by atoms with van der Waals surface area (Å²) in [6.45, 7) is 6.03. The third kappa shape index (κ3) is 3.13. The number of hydrogen-bond donors (Lipinski definition) is 3. The quantitative estimate of drug-likeness (QED) is 0.726. The fraction of sp³-hybridized carbons (Fsp3) is 0.625. The van der Waals surface area contributed by atoms with E-state index in [4.69, 9.17) is 0 Å². The van der Waals surface area contributed by atoms with Crippen LogP contribution in [0.2, 0.25) is 0 Å². The van der Waals surface area contributed by atoms with Crippen molar-refractivity contribution in [3.05, 3.63) is 12.3 Å². The zero-order chi connectivity index (χ0) is 16.5. The van der Waals surface area contributed by atoms with Crippen LogP contribution < -0.4 is 10.6 Å². The third-order valence-corrected chi connectivity index (χ3v) is 4.59. The predicted octanol–water partition coefficient (Wildman–Crippen LogP) is 3.00. The molecule has 1 aliphatic heterocycles. The maximum absolute atomic E-state index is 4.68. The number of nitrogens with one attached hydrogen (secondary N) is 3. The van der Waals surface area contributed by atoms with Crippen LogP contribution in [0, 0.1) is 5.92 Å². The molecule has 1 unspecified atom stereocenters. The van der Waals surface area contributed by atoms with Gasteiger partial charge in [-0.1, -0.05) is 12.1 Å². The van der Waals surface area contributed by atoms with Crippen molar-refractivity contribution in [3.8, 4) is 0 Å². The number of H-pyrrole nitrogens is 1. The van der Waals surface area contributed by atoms with Gasteiger partial charge in [0.2, 0.25) is 5.95 Å². The van der Waals surface area contributed by atoms with Crippen molar-refractivity contribution in [1.29, 1.82) is 0 Å². The van der Waals surface area contributed by atoms with E-state index in [-0.39, 0.29) is 6.17 Å². The van der Waals surface area contributed by atoms with E-state index in [1.807, 2.05) is 17.3 Å². The molecule has 24 heavy (non-hydrogen) atoms. The molecule has 128 valence electrons. The lowest BCUT2D eigenvalue weighted by molar-refractivity contribution is 0.312. The van der Waals surface area contributed by atoms with Crippen molar-refractivity contribution in [2.24, 2.45) is 16.3 Å². The molecular weight excluding hydrogens is 304 g/mol. The van der Waals surface area contributed by atoms with Gasteiger partial charge in [0, 0.05) is 18.8 Å². The Bertz CT molecular complexity index is 735. The van der Waals surface area contributed by atoms with E-state index >= 15 is 0 Å². The van der Waals surface area contributed by atoms with Gasteiger partial charge in [-0.15, -0.1) is 5.11 Å². The molecule has 8 nitrogen and oxygen atoms in total. The standard InChI is InChI=1S/C16H24N8/c1-3-8-24-9-13(22-23-24)19-16-20-14-12(6-7-17-14)15(21-16)18-10(2)11-4-5-11/h6-7,10-11,13H,3-5,8-9H2,1-2H3,(H3,17,18,19,20,21)/t10-,13?/m1/s1. The van der Waals surface area contributed by atoms with E-state index in [9.17, 15) is 0 Å². The van der Waals surface area contributed by atoms with Crippen LogP contribution >= 0.6 is 0 Å². The molecule has 2 aromatic rings. The average molecular weight is 328 g/mol. The average Bonchev–Trinajstić information content (AvgIpc) is 3.16. The van der Waals surface area contributed by atoms with Gasteiger partial charge in [-0.2, -0.15) is 9.97 Å². The zero-order valence-corrected chi connectivity index (χ0v) is 14.2. The molecule has 0 bridgehead atoms. The highest BCUT2D eigenvalue weighted by molar-refractivity contribution is 5.88. The SMILES string of the molecule is CCCN1CC(Nc2nc(N[C@H](C)C3CC3)c3cc[nH]c3n2)N=N1. The predicted molar refractivity (Wildman–Crippen MR) is 93.8 cm³/mol. The minimum Gasteiger partial charge on any atom is -0.367 e. The first-order valence-corrected chi connectivity index (χ1v) is 8.77. The molecule has 4 rings (SSSR count). The van der Waals surface area contributed by atoms with Crippen LogP contribution in [0.25, 0.3) is 11.0 Å². The van der Waals surface area contributed by atoms with Gasteiger partial charge >= 0.3 is 0 Å². The Balaban J connectivity index is 1.52. The second-order valence-electron chi connectivity index (χ2n) is 6.68. The van der Waals surface area contributed by atoms with E-state index in [0.29, 0.717) is 12.0 Å². The summed E-state index contributed by atoms with van der Waals surface area (Å²) in [7, 11) is 0. The second kappa shape index (κ2) is 6.26. The molecule has 0 spiro atoms. The fourth-order valence-corrected chi connectivity index (χ4v) is 3.07. The van der Waals surface area contributed by atoms with Crippen molar-refractivity contribution in [2.75, 3.05) is 23.7 Å². The molecule has 2 aliphatic rings. The first-order valence-electron chi connectivity index (χ1n) is 8.77. The molecule has 3 N–H and O–H groups in total. The molecular formula is C16H24N8. The molecule has 1 saturated carbocycles. The van der Waals surface area contributed by atoms with Gasteiger partial charge in [-0.25, -0.2) is 0 Å². The summed E-state index contributed by atoms with van der Waals surface area (Å²) in [6.07, 6.45) is 5.46. The largest absolute Gasteiger partial charge is 0.367 e. The van der Waals surface area contributed by atoms with Crippen LogP contribution in [0.5, 0.6) is 0 Å². The first-order chi connectivity index (χ1) is 11.7. The lowest BCUT2D eigenvalue weighted by Gasteiger charge is -2.16. The van der Waals surface area contributed by atoms with E-state index in [0.717, 1.165) is 42.3 Å². The summed E-state index contributed by atoms with van der Waals surface area (Å²) in [5.41, 5.74) is 0.832. The van der Waals surface area contributed by atoms with Crippen molar-refractivity contribution in [1.82, 2.24) is 20.0 Å². The molecule has 0 radical (unpaired) electrons. The van der Waals surface area contributed by atoms with E-state index in [1.54, 1.807) is 0 Å². The van der Waals surface area contributed by atoms with Crippen LogP contribution in [0.3, 0.4) is 0 Å². The molecule has 3 heterocycles. The second-order valence-corrected chi connectivity index (χ2v) is 6.68. The molecule has 8 heteroatoms. The Hall–Kier alpha value is -2.38. The minimum atomic E-state index is -0.0994. The number of aromatic amines is 1. The topological polar surface area (TPSA) is 93.6 Å². The van der Waals surface area contributed by atoms with E-state index in [2.05, 4.69) is 49.8 Å². The van der Waals surface area contributed by atoms with Gasteiger partial charge in [0.25, 0.3) is 0 Å². The molecule has 2 aromatic heterocycles. The van der Waals surface area contributed by atoms with Crippen LogP contribution in [0.4, 0.5) is 11.8 Å². The van der Waals surface area contributed by atoms with E-state index in [1.165, 1.54) is 12.8 Å². The van der Waals surface area contributed by atoms with Crippen molar-refractivity contribution in [2.45, 2.75) is 45.3 Å². The van der Waals surface area contributed by atoms with Crippen molar-refractivity contribution < 1.29 is 0 Å². The zero-order valence-electron chi connectivity index (χ0n) is 14.2. The number of rotatable bonds is 7. The first kappa shape index (κ1) is 15.2. The highest BCUT2D eigenvalue weighted by Crippen LogP contribution is 2.34. The molecule has 2 atom stereocenters. The maximum Gasteiger partial charge on any atom is 0.228 e. The van der Waals surface area contributed by atoms with Crippen molar-refractivity contribution in [3.63, 3.8) is 0 Å². The molecule has 1 fully saturated rings. The Labute approximate surface area is 141 Å². The lowest BCUT2D eigenvalue weighted by atomic mass is 10.2. The smallest absolute Gasteiger partial charge is 0.228 e. The summed E-state index contributed by atoms with van der Waals surface area (Å²) in [4.78, 5) is 12.4. The van der Waals surface area contributed by atoms with Gasteiger partial charge in [0.15, 0.2) is 6.17 Å². The van der Waals surface area contributed by atoms with Crippen LogP contribution in [0.1, 0.15) is 33.1 Å². The monoisotopic (exact) mass is 328 g/mol. The number of aromatic nitrogens is 3. The minimum absolute atomic E-state index is 0.0994. The highest BCUT2D eigenvalue weighted by Gasteiger charge is 2.28. The number of hydrogen-bond acceptors (Lipinski definition) is 7. The van der Waals surface area contributed by atoms with Gasteiger partial charge in [-0.05, 0) is 38.2 Å². The molecule has 0 aromatic carbocycles. The van der Waals surface area contributed by atoms with Gasteiger partial charge in [-0.3, -0.25) is 5.01 Å². The maximum atomic E-state index is 4.68. The highest BCUT2D eigenvalue weighted by atomic mass is 15.6. The number of anilines is 2. The Morgan fingerprint density at radius 1 is 1.38 bits per heavy atom. The van der Waals surface area contributed by atoms with E-state index < -0.39 is 0 Å². The summed E-state index contributed by atoms with van der Waals surface area (Å²) in [5.74, 6) is 2.22. The van der Waals surface area contributed by atoms with Gasteiger partial charge < -0.3 is 15.6 Å². The van der Waals surface area contributed by atoms with Crippen molar-refractivity contribution >= 4 is 22.8 Å². The summed E-state index contributed by atoms with van der Waals surface area (Å²) >= 11 is 0. The van der Waals surface area contributed by atoms with Gasteiger partial charge in [0.05, 0.1) is 11.9 Å². The molecule has 0 amide bonds. The van der Waals surface area contributed by atoms with Crippen LogP contribution in [0.15, 0.2) is 22.6 Å². The molecule has 0 saturated heterocycles. The summed E-state index contributed by atoms with van der Waals surface area (Å²) in [5, 5.41) is 18.3. The Morgan fingerprint density at radius 3 is 3.04 bits per heavy atom. The van der Waals surface area contributed by atoms with Gasteiger partial charge in [0.1, 0.15) is 11.5 Å².